The fraction of sp³-hybridized carbons (Fsp3) is 0.600. The third-order valence-electron chi connectivity index (χ3n) is 2.71. The highest BCUT2D eigenvalue weighted by Gasteiger charge is 2.44. The SMILES string of the molecule is Cc1cnc(C2CCN(C(=O)C(F)(F)F)C2)s1. The molecule has 3 nitrogen and oxygen atoms in total. The second-order valence-electron chi connectivity index (χ2n) is 4.04. The van der Waals surface area contributed by atoms with Gasteiger partial charge in [-0.1, -0.05) is 0 Å². The summed E-state index contributed by atoms with van der Waals surface area (Å²) in [6.07, 6.45) is -2.52. The number of carbonyl (C=O) groups is 1. The Kier molecular flexibility index (Phi) is 3.11. The number of halogens is 3. The van der Waals surface area contributed by atoms with Gasteiger partial charge in [0.15, 0.2) is 0 Å². The van der Waals surface area contributed by atoms with Gasteiger partial charge in [0, 0.05) is 30.1 Å². The van der Waals surface area contributed by atoms with E-state index in [1.165, 1.54) is 11.3 Å². The zero-order valence-corrected chi connectivity index (χ0v) is 9.94. The number of nitrogens with zero attached hydrogens (tertiary/aromatic N) is 2. The van der Waals surface area contributed by atoms with Crippen LogP contribution in [0, 0.1) is 6.92 Å². The van der Waals surface area contributed by atoms with Gasteiger partial charge in [0.05, 0.1) is 5.01 Å². The van der Waals surface area contributed by atoms with Crippen LogP contribution in [0.25, 0.3) is 0 Å². The molecule has 1 atom stereocenters. The molecule has 1 aliphatic rings. The van der Waals surface area contributed by atoms with Gasteiger partial charge >= 0.3 is 12.1 Å². The van der Waals surface area contributed by atoms with Crippen LogP contribution in [-0.2, 0) is 4.79 Å². The minimum atomic E-state index is -4.77. The smallest absolute Gasteiger partial charge is 0.334 e. The summed E-state index contributed by atoms with van der Waals surface area (Å²) in [6.45, 7) is 2.17. The molecule has 0 N–H and O–H groups in total. The van der Waals surface area contributed by atoms with Gasteiger partial charge in [0.2, 0.25) is 0 Å². The number of alkyl halides is 3. The third kappa shape index (κ3) is 2.59. The summed E-state index contributed by atoms with van der Waals surface area (Å²) in [5.74, 6) is -1.80. The van der Waals surface area contributed by atoms with Crippen LogP contribution < -0.4 is 0 Å². The fourth-order valence-corrected chi connectivity index (χ4v) is 2.79. The topological polar surface area (TPSA) is 33.2 Å². The number of rotatable bonds is 1. The van der Waals surface area contributed by atoms with Gasteiger partial charge in [-0.2, -0.15) is 13.2 Å². The number of carbonyl (C=O) groups excluding carboxylic acids is 1. The predicted molar refractivity (Wildman–Crippen MR) is 56.8 cm³/mol. The molecule has 1 fully saturated rings. The van der Waals surface area contributed by atoms with Crippen LogP contribution in [0.2, 0.25) is 0 Å². The minimum Gasteiger partial charge on any atom is -0.334 e. The molecule has 0 radical (unpaired) electrons. The summed E-state index contributed by atoms with van der Waals surface area (Å²) in [5, 5.41) is 0.819. The van der Waals surface area contributed by atoms with E-state index >= 15 is 0 Å². The molecule has 1 unspecified atom stereocenters. The normalized spacial score (nSPS) is 20.9. The van der Waals surface area contributed by atoms with Crippen molar-refractivity contribution in [3.63, 3.8) is 0 Å². The van der Waals surface area contributed by atoms with E-state index in [0.29, 0.717) is 6.42 Å². The molecule has 1 saturated heterocycles. The van der Waals surface area contributed by atoms with E-state index in [2.05, 4.69) is 4.98 Å². The fourth-order valence-electron chi connectivity index (χ4n) is 1.89. The summed E-state index contributed by atoms with van der Waals surface area (Å²) >= 11 is 1.48. The molecule has 0 saturated carbocycles. The minimum absolute atomic E-state index is 0.0556. The van der Waals surface area contributed by atoms with Crippen molar-refractivity contribution in [2.75, 3.05) is 13.1 Å². The van der Waals surface area contributed by atoms with Crippen LogP contribution >= 0.6 is 11.3 Å². The molecule has 94 valence electrons. The van der Waals surface area contributed by atoms with Crippen molar-refractivity contribution in [1.82, 2.24) is 9.88 Å². The average Bonchev–Trinajstić information content (AvgIpc) is 2.83. The Morgan fingerprint density at radius 1 is 1.59 bits per heavy atom. The van der Waals surface area contributed by atoms with Gasteiger partial charge in [-0.25, -0.2) is 4.98 Å². The summed E-state index contributed by atoms with van der Waals surface area (Å²) in [4.78, 5) is 17.1. The number of hydrogen-bond donors (Lipinski definition) is 0. The molecular formula is C10H11F3N2OS. The Hall–Kier alpha value is -1.11. The second-order valence-corrected chi connectivity index (χ2v) is 5.31. The highest BCUT2D eigenvalue weighted by atomic mass is 32.1. The van der Waals surface area contributed by atoms with Gasteiger partial charge in [-0.3, -0.25) is 4.79 Å². The van der Waals surface area contributed by atoms with Gasteiger partial charge in [0.1, 0.15) is 0 Å². The molecule has 0 aliphatic carbocycles. The highest BCUT2D eigenvalue weighted by Crippen LogP contribution is 2.32. The molecule has 17 heavy (non-hydrogen) atoms. The lowest BCUT2D eigenvalue weighted by Gasteiger charge is -2.17. The van der Waals surface area contributed by atoms with Crippen molar-refractivity contribution < 1.29 is 18.0 Å². The van der Waals surface area contributed by atoms with Crippen LogP contribution in [0.3, 0.4) is 0 Å². The maximum Gasteiger partial charge on any atom is 0.471 e. The lowest BCUT2D eigenvalue weighted by molar-refractivity contribution is -0.184. The summed E-state index contributed by atoms with van der Waals surface area (Å²) in [6, 6.07) is 0. The molecule has 1 aliphatic heterocycles. The number of aromatic nitrogens is 1. The Morgan fingerprint density at radius 3 is 2.82 bits per heavy atom. The second kappa shape index (κ2) is 4.29. The van der Waals surface area contributed by atoms with E-state index in [-0.39, 0.29) is 19.0 Å². The van der Waals surface area contributed by atoms with Crippen molar-refractivity contribution in [2.45, 2.75) is 25.4 Å². The monoisotopic (exact) mass is 264 g/mol. The number of likely N-dealkylation sites (tertiary alicyclic amines) is 1. The molecule has 7 heteroatoms. The Morgan fingerprint density at radius 2 is 2.29 bits per heavy atom. The molecule has 1 amide bonds. The van der Waals surface area contributed by atoms with Crippen LogP contribution in [0.15, 0.2) is 6.20 Å². The van der Waals surface area contributed by atoms with Crippen LogP contribution in [0.5, 0.6) is 0 Å². The predicted octanol–water partition coefficient (Wildman–Crippen LogP) is 2.33. The summed E-state index contributed by atoms with van der Waals surface area (Å²) in [5.41, 5.74) is 0. The van der Waals surface area contributed by atoms with Crippen LogP contribution in [0.1, 0.15) is 22.2 Å². The number of aryl methyl sites for hydroxylation is 1. The van der Waals surface area contributed by atoms with Gasteiger partial charge in [-0.05, 0) is 13.3 Å². The van der Waals surface area contributed by atoms with Gasteiger partial charge in [0.25, 0.3) is 0 Å². The van der Waals surface area contributed by atoms with E-state index in [1.807, 2.05) is 6.92 Å². The molecule has 0 bridgehead atoms. The molecule has 1 aromatic rings. The highest BCUT2D eigenvalue weighted by molar-refractivity contribution is 7.11. The lowest BCUT2D eigenvalue weighted by atomic mass is 10.1. The van der Waals surface area contributed by atoms with Crippen LogP contribution in [-0.4, -0.2) is 35.1 Å². The third-order valence-corrected chi connectivity index (χ3v) is 3.78. The zero-order chi connectivity index (χ0) is 12.6. The van der Waals surface area contributed by atoms with Crippen molar-refractivity contribution in [2.24, 2.45) is 0 Å². The van der Waals surface area contributed by atoms with E-state index in [9.17, 15) is 18.0 Å². The molecule has 0 spiro atoms. The van der Waals surface area contributed by atoms with Crippen molar-refractivity contribution in [3.05, 3.63) is 16.1 Å². The van der Waals surface area contributed by atoms with Crippen molar-refractivity contribution in [3.8, 4) is 0 Å². The Bertz CT molecular complexity index is 429. The van der Waals surface area contributed by atoms with E-state index in [1.54, 1.807) is 6.20 Å². The first-order valence-corrected chi connectivity index (χ1v) is 5.98. The average molecular weight is 264 g/mol. The maximum atomic E-state index is 12.2. The van der Waals surface area contributed by atoms with Crippen molar-refractivity contribution >= 4 is 17.2 Å². The first kappa shape index (κ1) is 12.3. The quantitative estimate of drug-likeness (QED) is 0.780. The van der Waals surface area contributed by atoms with Crippen molar-refractivity contribution in [1.29, 1.82) is 0 Å². The molecule has 0 aromatic carbocycles. The number of thiazole rings is 1. The largest absolute Gasteiger partial charge is 0.471 e. The Labute approximate surface area is 100 Å². The molecular weight excluding hydrogens is 253 g/mol. The molecule has 1 aromatic heterocycles. The first-order chi connectivity index (χ1) is 7.88. The Balaban J connectivity index is 2.03. The summed E-state index contributed by atoms with van der Waals surface area (Å²) in [7, 11) is 0. The van der Waals surface area contributed by atoms with E-state index in [4.69, 9.17) is 0 Å². The van der Waals surface area contributed by atoms with E-state index in [0.717, 1.165) is 14.8 Å². The van der Waals surface area contributed by atoms with Gasteiger partial charge < -0.3 is 4.90 Å². The maximum absolute atomic E-state index is 12.2. The van der Waals surface area contributed by atoms with Crippen LogP contribution in [0.4, 0.5) is 13.2 Å². The lowest BCUT2D eigenvalue weighted by Crippen LogP contribution is -2.39. The number of amides is 1. The molecule has 2 heterocycles. The zero-order valence-electron chi connectivity index (χ0n) is 9.12. The van der Waals surface area contributed by atoms with Gasteiger partial charge in [-0.15, -0.1) is 11.3 Å². The molecule has 2 rings (SSSR count). The summed E-state index contributed by atoms with van der Waals surface area (Å²) < 4.78 is 36.7. The number of hydrogen-bond acceptors (Lipinski definition) is 3. The first-order valence-electron chi connectivity index (χ1n) is 5.16. The standard InChI is InChI=1S/C10H11F3N2OS/c1-6-4-14-8(17-6)7-2-3-15(5-7)9(16)10(11,12)13/h4,7H,2-3,5H2,1H3. The van der Waals surface area contributed by atoms with E-state index < -0.39 is 12.1 Å².